The lowest BCUT2D eigenvalue weighted by Crippen LogP contribution is -2.48. The van der Waals surface area contributed by atoms with Gasteiger partial charge in [0.15, 0.2) is 0 Å². The fraction of sp³-hybridized carbons (Fsp3) is 0.500. The summed E-state index contributed by atoms with van der Waals surface area (Å²) in [4.78, 5) is 32.2. The molecular weight excluding hydrogens is 647 g/mol. The molecule has 0 spiro atoms. The molecule has 0 saturated carbocycles. The van der Waals surface area contributed by atoms with Crippen molar-refractivity contribution >= 4 is 40.9 Å². The Hall–Kier alpha value is -2.76. The number of carbonyl (C=O) groups is 2. The van der Waals surface area contributed by atoms with Gasteiger partial charge in [0, 0.05) is 42.8 Å². The number of aromatic hydroxyl groups is 1. The van der Waals surface area contributed by atoms with E-state index in [9.17, 15) is 19.7 Å². The Morgan fingerprint density at radius 2 is 1.87 bits per heavy atom. The van der Waals surface area contributed by atoms with Crippen molar-refractivity contribution in [3.63, 3.8) is 0 Å². The molecule has 8 nitrogen and oxygen atoms in total. The number of hydrogen-bond acceptors (Lipinski definition) is 7. The summed E-state index contributed by atoms with van der Waals surface area (Å²) in [6.07, 6.45) is 6.07. The molecule has 0 bridgehead atoms. The molecule has 2 aromatic rings. The Labute approximate surface area is 280 Å². The van der Waals surface area contributed by atoms with Crippen LogP contribution in [0.25, 0.3) is 6.08 Å². The smallest absolute Gasteiger partial charge is 0.455 e. The normalized spacial score (nSPS) is 26.1. The highest BCUT2D eigenvalue weighted by molar-refractivity contribution is 9.10. The molecule has 0 unspecified atom stereocenters. The molecule has 244 valence electrons. The van der Waals surface area contributed by atoms with Gasteiger partial charge in [0.1, 0.15) is 5.75 Å². The number of likely N-dealkylation sites (tertiary alicyclic amines) is 2. The van der Waals surface area contributed by atoms with Gasteiger partial charge in [-0.2, -0.15) is 0 Å². The number of allylic oxidation sites excluding steroid dienone is 1. The average molecular weight is 691 g/mol. The van der Waals surface area contributed by atoms with Crippen molar-refractivity contribution in [2.45, 2.75) is 70.5 Å². The molecule has 2 amide bonds. The van der Waals surface area contributed by atoms with Crippen LogP contribution in [-0.2, 0) is 25.5 Å². The summed E-state index contributed by atoms with van der Waals surface area (Å²) in [6, 6.07) is 15.7. The standard InChI is InChI=1S/C36H44BBrN2O6/c1-3-23(17-25-18-27(38)10-11-31(25)41)9-12-32-33-26(22-45-2)19-29-34(30(33)20-37(44)46-32)36(43)40(35(29)42)28-13-15-39(16-14-28)21-24-7-5-4-6-8-24/h4-8,10-11,17-18,28-30,32,34,41,44H,3,9,12-16,19-22H2,1-2H3/b23-17+/t29-,30+,32-,34-/m1/s1. The van der Waals surface area contributed by atoms with E-state index >= 15 is 0 Å². The molecule has 0 radical (unpaired) electrons. The van der Waals surface area contributed by atoms with Gasteiger partial charge in [-0.1, -0.05) is 64.8 Å². The summed E-state index contributed by atoms with van der Waals surface area (Å²) < 4.78 is 12.7. The largest absolute Gasteiger partial charge is 0.507 e. The van der Waals surface area contributed by atoms with Gasteiger partial charge in [-0.15, -0.1) is 0 Å². The Kier molecular flexibility index (Phi) is 10.5. The van der Waals surface area contributed by atoms with Gasteiger partial charge in [-0.05, 0) is 85.7 Å². The monoisotopic (exact) mass is 690 g/mol. The second kappa shape index (κ2) is 14.6. The first-order chi connectivity index (χ1) is 22.3. The van der Waals surface area contributed by atoms with Crippen LogP contribution in [0.5, 0.6) is 5.75 Å². The fourth-order valence-electron chi connectivity index (χ4n) is 8.16. The van der Waals surface area contributed by atoms with Crippen LogP contribution in [0.3, 0.4) is 0 Å². The Bertz CT molecular complexity index is 1490. The van der Waals surface area contributed by atoms with Gasteiger partial charge in [0.25, 0.3) is 0 Å². The lowest BCUT2D eigenvalue weighted by Gasteiger charge is -2.43. The van der Waals surface area contributed by atoms with Crippen LogP contribution in [0.15, 0.2) is 69.7 Å². The minimum absolute atomic E-state index is 0.0632. The van der Waals surface area contributed by atoms with Gasteiger partial charge < -0.3 is 19.5 Å². The first kappa shape index (κ1) is 33.2. The minimum atomic E-state index is -1.01. The van der Waals surface area contributed by atoms with E-state index in [1.165, 1.54) is 5.56 Å². The molecule has 6 rings (SSSR count). The van der Waals surface area contributed by atoms with Crippen LogP contribution in [0.1, 0.15) is 56.6 Å². The van der Waals surface area contributed by atoms with E-state index in [-0.39, 0.29) is 35.6 Å². The maximum absolute atomic E-state index is 14.2. The zero-order valence-electron chi connectivity index (χ0n) is 26.7. The highest BCUT2D eigenvalue weighted by atomic mass is 79.9. The van der Waals surface area contributed by atoms with Gasteiger partial charge in [0.2, 0.25) is 11.8 Å². The number of benzene rings is 2. The summed E-state index contributed by atoms with van der Waals surface area (Å²) in [5.41, 5.74) is 5.22. The second-order valence-electron chi connectivity index (χ2n) is 13.2. The molecule has 4 aliphatic rings. The zero-order chi connectivity index (χ0) is 32.4. The Balaban J connectivity index is 1.19. The van der Waals surface area contributed by atoms with E-state index in [1.807, 2.05) is 18.2 Å². The van der Waals surface area contributed by atoms with Crippen molar-refractivity contribution in [1.29, 1.82) is 0 Å². The molecule has 10 heteroatoms. The topological polar surface area (TPSA) is 99.5 Å². The summed E-state index contributed by atoms with van der Waals surface area (Å²) >= 11 is 3.49. The van der Waals surface area contributed by atoms with E-state index in [2.05, 4.69) is 52.0 Å². The molecule has 3 heterocycles. The van der Waals surface area contributed by atoms with Crippen LogP contribution in [-0.4, -0.2) is 77.8 Å². The summed E-state index contributed by atoms with van der Waals surface area (Å²) in [6.45, 7) is 5.01. The number of piperidine rings is 1. The van der Waals surface area contributed by atoms with Crippen molar-refractivity contribution in [2.24, 2.45) is 17.8 Å². The van der Waals surface area contributed by atoms with Crippen LogP contribution in [0.4, 0.5) is 0 Å². The zero-order valence-corrected chi connectivity index (χ0v) is 28.3. The summed E-state index contributed by atoms with van der Waals surface area (Å²) in [5, 5.41) is 21.3. The van der Waals surface area contributed by atoms with Crippen LogP contribution < -0.4 is 0 Å². The van der Waals surface area contributed by atoms with E-state index < -0.39 is 19.0 Å². The number of carbonyl (C=O) groups excluding carboxylic acids is 2. The third-order valence-corrected chi connectivity index (χ3v) is 10.9. The number of nitrogens with zero attached hydrogens (tertiary/aromatic N) is 2. The maximum atomic E-state index is 14.2. The van der Waals surface area contributed by atoms with Crippen molar-refractivity contribution < 1.29 is 29.1 Å². The van der Waals surface area contributed by atoms with Crippen molar-refractivity contribution in [2.75, 3.05) is 26.8 Å². The quantitative estimate of drug-likeness (QED) is 0.184. The van der Waals surface area contributed by atoms with E-state index in [0.29, 0.717) is 32.2 Å². The predicted molar refractivity (Wildman–Crippen MR) is 182 cm³/mol. The fourth-order valence-corrected chi connectivity index (χ4v) is 8.54. The number of imide groups is 1. The Morgan fingerprint density at radius 1 is 1.11 bits per heavy atom. The van der Waals surface area contributed by atoms with Crippen LogP contribution in [0, 0.1) is 17.8 Å². The van der Waals surface area contributed by atoms with Crippen LogP contribution >= 0.6 is 15.9 Å². The number of methoxy groups -OCH3 is 1. The average Bonchev–Trinajstić information content (AvgIpc) is 3.30. The lowest BCUT2D eigenvalue weighted by molar-refractivity contribution is -0.144. The molecule has 2 aromatic carbocycles. The van der Waals surface area contributed by atoms with Gasteiger partial charge in [-0.3, -0.25) is 19.4 Å². The molecule has 3 saturated heterocycles. The number of phenolic OH excluding ortho intramolecular Hbond substituents is 1. The summed E-state index contributed by atoms with van der Waals surface area (Å²) in [7, 11) is 0.643. The third kappa shape index (κ3) is 6.92. The Morgan fingerprint density at radius 3 is 2.59 bits per heavy atom. The molecule has 0 aromatic heterocycles. The lowest BCUT2D eigenvalue weighted by atomic mass is 9.58. The van der Waals surface area contributed by atoms with E-state index in [4.69, 9.17) is 9.39 Å². The van der Waals surface area contributed by atoms with Crippen molar-refractivity contribution in [3.8, 4) is 5.75 Å². The molecule has 46 heavy (non-hydrogen) atoms. The number of amides is 2. The van der Waals surface area contributed by atoms with Crippen LogP contribution in [0.2, 0.25) is 6.32 Å². The minimum Gasteiger partial charge on any atom is -0.507 e. The molecule has 3 fully saturated rings. The number of hydrogen-bond donors (Lipinski definition) is 2. The predicted octanol–water partition coefficient (Wildman–Crippen LogP) is 5.84. The number of phenols is 1. The number of halogens is 1. The SMILES string of the molecule is CC/C(=C\c1cc(Br)ccc1O)CC[C@H]1OB(O)C[C@H]2C1=C(COC)C[C@H]1C(=O)N(C3CCN(Cc4ccccc4)CC3)C(=O)[C@H]12. The number of ether oxygens (including phenoxy) is 1. The second-order valence-corrected chi connectivity index (χ2v) is 14.1. The van der Waals surface area contributed by atoms with Crippen molar-refractivity contribution in [1.82, 2.24) is 9.80 Å². The highest BCUT2D eigenvalue weighted by Crippen LogP contribution is 2.51. The molecular formula is C36H44BBrN2O6. The molecule has 2 N–H and O–H groups in total. The first-order valence-corrected chi connectivity index (χ1v) is 17.4. The molecule has 3 aliphatic heterocycles. The molecule has 1 aliphatic carbocycles. The van der Waals surface area contributed by atoms with E-state index in [1.54, 1.807) is 24.1 Å². The van der Waals surface area contributed by atoms with Gasteiger partial charge >= 0.3 is 7.12 Å². The number of rotatable bonds is 10. The first-order valence-electron chi connectivity index (χ1n) is 16.6. The maximum Gasteiger partial charge on any atom is 0.455 e. The van der Waals surface area contributed by atoms with E-state index in [0.717, 1.165) is 65.7 Å². The number of fused-ring (bicyclic) bond motifs is 3. The highest BCUT2D eigenvalue weighted by Gasteiger charge is 2.58. The van der Waals surface area contributed by atoms with Crippen molar-refractivity contribution in [3.05, 3.63) is 80.8 Å². The third-order valence-electron chi connectivity index (χ3n) is 10.4. The molecule has 4 atom stereocenters. The van der Waals surface area contributed by atoms with Gasteiger partial charge in [-0.25, -0.2) is 0 Å². The summed E-state index contributed by atoms with van der Waals surface area (Å²) in [5.74, 6) is -1.09. The van der Waals surface area contributed by atoms with Gasteiger partial charge in [0.05, 0.1) is 24.5 Å².